The Morgan fingerprint density at radius 3 is 2.62 bits per heavy atom. The van der Waals surface area contributed by atoms with Crippen molar-refractivity contribution in [3.8, 4) is 0 Å². The van der Waals surface area contributed by atoms with Gasteiger partial charge in [0.15, 0.2) is 5.13 Å². The lowest BCUT2D eigenvalue weighted by atomic mass is 10.0. The summed E-state index contributed by atoms with van der Waals surface area (Å²) in [5, 5.41) is 8.13. The zero-order valence-corrected chi connectivity index (χ0v) is 14.9. The number of hydrogen-bond donors (Lipinski definition) is 2. The van der Waals surface area contributed by atoms with Crippen LogP contribution in [0.3, 0.4) is 0 Å². The second-order valence-corrected chi connectivity index (χ2v) is 7.48. The van der Waals surface area contributed by atoms with Crippen LogP contribution in [0.25, 0.3) is 10.2 Å². The van der Waals surface area contributed by atoms with E-state index in [1.807, 2.05) is 42.6 Å². The molecule has 0 aliphatic rings. The van der Waals surface area contributed by atoms with Crippen molar-refractivity contribution in [1.29, 1.82) is 0 Å². The summed E-state index contributed by atoms with van der Waals surface area (Å²) < 4.78 is 1.03. The van der Waals surface area contributed by atoms with Gasteiger partial charge < -0.3 is 10.6 Å². The number of amides is 2. The molecule has 2 N–H and O–H groups in total. The van der Waals surface area contributed by atoms with Crippen molar-refractivity contribution >= 4 is 49.8 Å². The lowest BCUT2D eigenvalue weighted by Gasteiger charge is -2.19. The van der Waals surface area contributed by atoms with Crippen molar-refractivity contribution in [3.05, 3.63) is 46.7 Å². The maximum Gasteiger partial charge on any atom is 0.261 e. The smallest absolute Gasteiger partial charge is 0.261 e. The Bertz CT molecular complexity index is 825. The van der Waals surface area contributed by atoms with Crippen LogP contribution in [0.15, 0.2) is 41.8 Å². The van der Waals surface area contributed by atoms with Crippen LogP contribution < -0.4 is 10.6 Å². The highest BCUT2D eigenvalue weighted by Crippen LogP contribution is 2.25. The first-order chi connectivity index (χ1) is 11.5. The van der Waals surface area contributed by atoms with Gasteiger partial charge in [-0.1, -0.05) is 36.5 Å². The molecule has 0 unspecified atom stereocenters. The number of hydrogen-bond acceptors (Lipinski definition) is 5. The number of anilines is 1. The second-order valence-electron chi connectivity index (χ2n) is 5.50. The summed E-state index contributed by atoms with van der Waals surface area (Å²) in [4.78, 5) is 29.5. The fourth-order valence-corrected chi connectivity index (χ4v) is 3.68. The van der Waals surface area contributed by atoms with Crippen LogP contribution in [0, 0.1) is 5.92 Å². The van der Waals surface area contributed by atoms with E-state index < -0.39 is 0 Å². The highest BCUT2D eigenvalue weighted by atomic mass is 32.1. The largest absolute Gasteiger partial charge is 0.348 e. The predicted octanol–water partition coefficient (Wildman–Crippen LogP) is 3.75. The lowest BCUT2D eigenvalue weighted by molar-refractivity contribution is -0.120. The third-order valence-corrected chi connectivity index (χ3v) is 5.61. The second kappa shape index (κ2) is 7.11. The van der Waals surface area contributed by atoms with E-state index in [-0.39, 0.29) is 23.8 Å². The molecular weight excluding hydrogens is 342 g/mol. The Balaban J connectivity index is 1.62. The topological polar surface area (TPSA) is 71.1 Å². The van der Waals surface area contributed by atoms with E-state index in [9.17, 15) is 9.59 Å². The van der Waals surface area contributed by atoms with Crippen LogP contribution in [-0.4, -0.2) is 22.8 Å². The molecule has 2 heterocycles. The van der Waals surface area contributed by atoms with E-state index >= 15 is 0 Å². The van der Waals surface area contributed by atoms with Gasteiger partial charge in [-0.15, -0.1) is 11.3 Å². The summed E-state index contributed by atoms with van der Waals surface area (Å²) in [6, 6.07) is 11.0. The molecule has 124 valence electrons. The zero-order valence-electron chi connectivity index (χ0n) is 13.3. The standard InChI is InChI=1S/C17H17N3O2S2/c1-10(11(2)18-16(22)14-8-5-9-23-14)15(21)20-17-19-12-6-3-4-7-13(12)24-17/h3-11H,1-2H3,(H,18,22)(H,19,20,21)/t10-,11-/m0/s1. The maximum absolute atomic E-state index is 12.4. The molecule has 0 saturated heterocycles. The van der Waals surface area contributed by atoms with E-state index in [2.05, 4.69) is 15.6 Å². The SMILES string of the molecule is C[C@H](NC(=O)c1cccs1)[C@H](C)C(=O)Nc1nc2ccccc2s1. The lowest BCUT2D eigenvalue weighted by Crippen LogP contribution is -2.41. The quantitative estimate of drug-likeness (QED) is 0.729. The molecule has 0 aliphatic carbocycles. The van der Waals surface area contributed by atoms with Gasteiger partial charge in [0.25, 0.3) is 5.91 Å². The molecule has 2 amide bonds. The molecule has 0 bridgehead atoms. The van der Waals surface area contributed by atoms with Crippen molar-refractivity contribution in [2.45, 2.75) is 19.9 Å². The van der Waals surface area contributed by atoms with Gasteiger partial charge in [0.05, 0.1) is 21.0 Å². The average Bonchev–Trinajstić information content (AvgIpc) is 3.22. The van der Waals surface area contributed by atoms with Crippen LogP contribution in [0.1, 0.15) is 23.5 Å². The predicted molar refractivity (Wildman–Crippen MR) is 98.7 cm³/mol. The van der Waals surface area contributed by atoms with Gasteiger partial charge in [0.1, 0.15) is 0 Å². The van der Waals surface area contributed by atoms with Crippen LogP contribution in [0.4, 0.5) is 5.13 Å². The molecule has 2 aromatic heterocycles. The van der Waals surface area contributed by atoms with Crippen molar-refractivity contribution in [2.24, 2.45) is 5.92 Å². The molecule has 1 aromatic carbocycles. The van der Waals surface area contributed by atoms with E-state index in [1.165, 1.54) is 22.7 Å². The number of nitrogens with zero attached hydrogens (tertiary/aromatic N) is 1. The highest BCUT2D eigenvalue weighted by Gasteiger charge is 2.23. The Morgan fingerprint density at radius 1 is 1.12 bits per heavy atom. The summed E-state index contributed by atoms with van der Waals surface area (Å²) in [5.74, 6) is -0.689. The van der Waals surface area contributed by atoms with Crippen molar-refractivity contribution in [1.82, 2.24) is 10.3 Å². The van der Waals surface area contributed by atoms with Gasteiger partial charge in [-0.3, -0.25) is 9.59 Å². The number of fused-ring (bicyclic) bond motifs is 1. The normalized spacial score (nSPS) is 13.4. The van der Waals surface area contributed by atoms with Crippen LogP contribution in [0.5, 0.6) is 0 Å². The van der Waals surface area contributed by atoms with Gasteiger partial charge in [-0.05, 0) is 30.5 Å². The van der Waals surface area contributed by atoms with Crippen molar-refractivity contribution in [3.63, 3.8) is 0 Å². The first-order valence-electron chi connectivity index (χ1n) is 7.55. The van der Waals surface area contributed by atoms with Crippen LogP contribution in [-0.2, 0) is 4.79 Å². The summed E-state index contributed by atoms with van der Waals surface area (Å²) in [5.41, 5.74) is 0.865. The Labute approximate surface area is 147 Å². The van der Waals surface area contributed by atoms with Crippen molar-refractivity contribution < 1.29 is 9.59 Å². The molecule has 0 fully saturated rings. The van der Waals surface area contributed by atoms with Gasteiger partial charge in [0.2, 0.25) is 5.91 Å². The van der Waals surface area contributed by atoms with Gasteiger partial charge in [0, 0.05) is 6.04 Å². The third kappa shape index (κ3) is 3.63. The molecule has 7 heteroatoms. The van der Waals surface area contributed by atoms with E-state index in [0.717, 1.165) is 10.2 Å². The van der Waals surface area contributed by atoms with Gasteiger partial charge in [-0.2, -0.15) is 0 Å². The first kappa shape index (κ1) is 16.6. The number of thiazole rings is 1. The summed E-state index contributed by atoms with van der Waals surface area (Å²) >= 11 is 2.82. The number of carbonyl (C=O) groups excluding carboxylic acids is 2. The average molecular weight is 359 g/mol. The number of aromatic nitrogens is 1. The first-order valence-corrected chi connectivity index (χ1v) is 9.25. The molecular formula is C17H17N3O2S2. The summed E-state index contributed by atoms with van der Waals surface area (Å²) in [6.07, 6.45) is 0. The van der Waals surface area contributed by atoms with Gasteiger partial charge in [-0.25, -0.2) is 4.98 Å². The minimum Gasteiger partial charge on any atom is -0.348 e. The van der Waals surface area contributed by atoms with E-state index in [1.54, 1.807) is 13.0 Å². The van der Waals surface area contributed by atoms with Crippen molar-refractivity contribution in [2.75, 3.05) is 5.32 Å². The monoisotopic (exact) mass is 359 g/mol. The van der Waals surface area contributed by atoms with Crippen LogP contribution >= 0.6 is 22.7 Å². The van der Waals surface area contributed by atoms with E-state index in [4.69, 9.17) is 0 Å². The molecule has 5 nitrogen and oxygen atoms in total. The Kier molecular flexibility index (Phi) is 4.92. The highest BCUT2D eigenvalue weighted by molar-refractivity contribution is 7.22. The third-order valence-electron chi connectivity index (χ3n) is 3.79. The number of thiophene rings is 1. The number of rotatable bonds is 5. The summed E-state index contributed by atoms with van der Waals surface area (Å²) in [6.45, 7) is 3.62. The fraction of sp³-hybridized carbons (Fsp3) is 0.235. The van der Waals surface area contributed by atoms with Crippen LogP contribution in [0.2, 0.25) is 0 Å². The molecule has 0 aliphatic heterocycles. The molecule has 2 atom stereocenters. The number of carbonyl (C=O) groups is 2. The molecule has 3 aromatic rings. The number of para-hydroxylation sites is 1. The summed E-state index contributed by atoms with van der Waals surface area (Å²) in [7, 11) is 0. The number of benzene rings is 1. The number of nitrogens with one attached hydrogen (secondary N) is 2. The Morgan fingerprint density at radius 2 is 1.92 bits per heavy atom. The molecule has 0 saturated carbocycles. The molecule has 3 rings (SSSR count). The Hall–Kier alpha value is -2.25. The maximum atomic E-state index is 12.4. The minimum atomic E-state index is -0.374. The molecule has 0 radical (unpaired) electrons. The van der Waals surface area contributed by atoms with E-state index in [0.29, 0.717) is 10.0 Å². The zero-order chi connectivity index (χ0) is 17.1. The molecule has 24 heavy (non-hydrogen) atoms. The minimum absolute atomic E-state index is 0.155. The van der Waals surface area contributed by atoms with Gasteiger partial charge >= 0.3 is 0 Å². The molecule has 0 spiro atoms. The fourth-order valence-electron chi connectivity index (χ4n) is 2.18.